The first-order chi connectivity index (χ1) is 39.7. The van der Waals surface area contributed by atoms with Crippen molar-refractivity contribution in [3.63, 3.8) is 0 Å². The molecule has 0 aliphatic carbocycles. The molecular formula is C58H109N15O12. The van der Waals surface area contributed by atoms with Crippen LogP contribution in [0.15, 0.2) is 0 Å². The lowest BCUT2D eigenvalue weighted by molar-refractivity contribution is -0.136. The molecule has 11 atom stereocenters. The quantitative estimate of drug-likeness (QED) is 0.0330. The highest BCUT2D eigenvalue weighted by molar-refractivity contribution is 5.99. The maximum absolute atomic E-state index is 14.1. The Kier molecular flexibility index (Phi) is 38.4. The van der Waals surface area contributed by atoms with Gasteiger partial charge in [-0.3, -0.25) is 57.5 Å². The molecule has 0 aliphatic rings. The van der Waals surface area contributed by atoms with Gasteiger partial charge in [0.05, 0.1) is 0 Å². The molecule has 0 aromatic heterocycles. The summed E-state index contributed by atoms with van der Waals surface area (Å²) in [5, 5.41) is 29.3. The molecule has 0 spiro atoms. The second-order valence-corrected chi connectivity index (χ2v) is 24.3. The number of carbonyl (C=O) groups is 12. The Morgan fingerprint density at radius 3 is 0.718 bits per heavy atom. The Bertz CT molecular complexity index is 2160. The largest absolute Gasteiger partial charge is 0.368 e. The maximum Gasteiger partial charge on any atom is 0.243 e. The Labute approximate surface area is 504 Å². The van der Waals surface area contributed by atoms with Crippen molar-refractivity contribution < 1.29 is 57.5 Å². The van der Waals surface area contributed by atoms with Gasteiger partial charge in [-0.15, -0.1) is 0 Å². The van der Waals surface area contributed by atoms with Gasteiger partial charge in [0, 0.05) is 5.92 Å². The SMILES string of the molecule is CC(C)C[C@H](NC(=O)C(C)C)C(=O)N[C@@H](CCCCN)C(=O)N[C@@H](C)C(=O)N[C@@H](CC(C)C)C(=O)N[C@@H](CCCCN)C(=O)N[C@@H](C)C(=O)N[C@@H](C)C(=O)N[C@@H](CC(C)C)C(=O)N[C@@H](CCCCN)C(=O)N[C@@H](CC(C)C)C(=O)N[C@@H](C)C(N)=O. The lowest BCUT2D eigenvalue weighted by atomic mass is 10.00. The van der Waals surface area contributed by atoms with Gasteiger partial charge in [0.1, 0.15) is 66.5 Å². The smallest absolute Gasteiger partial charge is 0.243 e. The Morgan fingerprint density at radius 2 is 0.459 bits per heavy atom. The molecule has 0 unspecified atom stereocenters. The van der Waals surface area contributed by atoms with Crippen LogP contribution in [0, 0.1) is 29.6 Å². The number of carbonyl (C=O) groups excluding carboxylic acids is 12. The molecule has 27 heteroatoms. The molecule has 19 N–H and O–H groups in total. The maximum atomic E-state index is 14.1. The molecule has 0 aromatic rings. The predicted molar refractivity (Wildman–Crippen MR) is 325 cm³/mol. The average Bonchev–Trinajstić information content (AvgIpc) is 3.54. The minimum atomic E-state index is -1.26. The van der Waals surface area contributed by atoms with E-state index in [1.807, 2.05) is 55.4 Å². The third-order valence-electron chi connectivity index (χ3n) is 13.7. The molecule has 27 nitrogen and oxygen atoms in total. The van der Waals surface area contributed by atoms with Crippen molar-refractivity contribution >= 4 is 70.9 Å². The van der Waals surface area contributed by atoms with Crippen molar-refractivity contribution in [1.82, 2.24) is 58.5 Å². The molecule has 0 saturated heterocycles. The zero-order chi connectivity index (χ0) is 65.3. The van der Waals surface area contributed by atoms with E-state index in [4.69, 9.17) is 22.9 Å². The van der Waals surface area contributed by atoms with Gasteiger partial charge >= 0.3 is 0 Å². The monoisotopic (exact) mass is 1210 g/mol. The van der Waals surface area contributed by atoms with Gasteiger partial charge in [-0.25, -0.2) is 0 Å². The highest BCUT2D eigenvalue weighted by Crippen LogP contribution is 2.14. The molecule has 0 aromatic carbocycles. The zero-order valence-corrected chi connectivity index (χ0v) is 53.3. The summed E-state index contributed by atoms with van der Waals surface area (Å²) in [7, 11) is 0. The molecular weight excluding hydrogens is 1100 g/mol. The van der Waals surface area contributed by atoms with Gasteiger partial charge in [0.25, 0.3) is 0 Å². The van der Waals surface area contributed by atoms with E-state index in [0.717, 1.165) is 0 Å². The second-order valence-electron chi connectivity index (χ2n) is 24.3. The fourth-order valence-corrected chi connectivity index (χ4v) is 8.67. The molecule has 0 fully saturated rings. The Morgan fingerprint density at radius 1 is 0.259 bits per heavy atom. The van der Waals surface area contributed by atoms with Crippen LogP contribution in [0.1, 0.15) is 180 Å². The summed E-state index contributed by atoms with van der Waals surface area (Å²) in [6.45, 7) is 24.7. The third-order valence-corrected chi connectivity index (χ3v) is 13.7. The first-order valence-electron chi connectivity index (χ1n) is 30.4. The summed E-state index contributed by atoms with van der Waals surface area (Å²) in [5.41, 5.74) is 22.5. The lowest BCUT2D eigenvalue weighted by Crippen LogP contribution is -2.60. The van der Waals surface area contributed by atoms with Crippen molar-refractivity contribution in [2.24, 2.45) is 52.5 Å². The average molecular weight is 1210 g/mol. The van der Waals surface area contributed by atoms with Gasteiger partial charge in [-0.05, 0) is 154 Å². The summed E-state index contributed by atoms with van der Waals surface area (Å²) in [6, 6.07) is -12.6. The molecule has 0 aliphatic heterocycles. The number of nitrogens with two attached hydrogens (primary N) is 4. The fraction of sp³-hybridized carbons (Fsp3) is 0.793. The molecule has 0 bridgehead atoms. The number of amides is 12. The van der Waals surface area contributed by atoms with Crippen molar-refractivity contribution in [3.05, 3.63) is 0 Å². The van der Waals surface area contributed by atoms with Crippen molar-refractivity contribution in [2.75, 3.05) is 19.6 Å². The third kappa shape index (κ3) is 32.6. The van der Waals surface area contributed by atoms with E-state index in [1.165, 1.54) is 27.7 Å². The van der Waals surface area contributed by atoms with E-state index in [0.29, 0.717) is 58.0 Å². The Balaban J connectivity index is 6.30. The number of nitrogens with one attached hydrogen (secondary N) is 11. The van der Waals surface area contributed by atoms with E-state index >= 15 is 0 Å². The van der Waals surface area contributed by atoms with E-state index in [-0.39, 0.29) is 80.6 Å². The van der Waals surface area contributed by atoms with Crippen LogP contribution >= 0.6 is 0 Å². The first-order valence-corrected chi connectivity index (χ1v) is 30.4. The standard InChI is InChI=1S/C58H109N15O12/c1-31(2)27-43(55(82)63-36(11)47(62)74)73-54(81)42(23-17-20-26-61)69-58(85)46(30-34(7)8)71-50(77)38(13)64-49(76)37(12)65-52(79)40(21-15-18-24-59)68-57(84)45(29-33(5)6)72-51(78)39(14)66-53(80)41(22-16-19-25-60)67-56(83)44(28-32(3)4)70-48(75)35(9)10/h31-46H,15-30,59-61H2,1-14H3,(H2,62,74)(H,63,82)(H,64,76)(H,65,79)(H,66,80)(H,67,83)(H,68,84)(H,69,85)(H,70,75)(H,71,77)(H,72,78)(H,73,81)/t36-,37-,38-,39-,40-,41-,42-,43-,44-,45-,46-/m0/s1. The van der Waals surface area contributed by atoms with Crippen molar-refractivity contribution in [3.8, 4) is 0 Å². The molecule has 0 heterocycles. The van der Waals surface area contributed by atoms with Gasteiger partial charge < -0.3 is 81.4 Å². The number of primary amides is 1. The van der Waals surface area contributed by atoms with Crippen LogP contribution < -0.4 is 81.4 Å². The lowest BCUT2D eigenvalue weighted by Gasteiger charge is -2.28. The van der Waals surface area contributed by atoms with Crippen LogP contribution in [0.4, 0.5) is 0 Å². The van der Waals surface area contributed by atoms with Crippen LogP contribution in [0.2, 0.25) is 0 Å². The molecule has 488 valence electrons. The minimum Gasteiger partial charge on any atom is -0.368 e. The van der Waals surface area contributed by atoms with Gasteiger partial charge in [0.2, 0.25) is 70.9 Å². The zero-order valence-electron chi connectivity index (χ0n) is 53.3. The van der Waals surface area contributed by atoms with Crippen molar-refractivity contribution in [1.29, 1.82) is 0 Å². The highest BCUT2D eigenvalue weighted by Gasteiger charge is 2.35. The fourth-order valence-electron chi connectivity index (χ4n) is 8.67. The molecule has 0 radical (unpaired) electrons. The van der Waals surface area contributed by atoms with Gasteiger partial charge in [0.15, 0.2) is 0 Å². The van der Waals surface area contributed by atoms with Gasteiger partial charge in [-0.1, -0.05) is 69.2 Å². The van der Waals surface area contributed by atoms with Crippen LogP contribution in [0.5, 0.6) is 0 Å². The van der Waals surface area contributed by atoms with E-state index in [9.17, 15) is 57.5 Å². The highest BCUT2D eigenvalue weighted by atomic mass is 16.2. The van der Waals surface area contributed by atoms with Crippen molar-refractivity contribution in [2.45, 2.75) is 247 Å². The summed E-state index contributed by atoms with van der Waals surface area (Å²) in [5.74, 6) is -8.80. The summed E-state index contributed by atoms with van der Waals surface area (Å²) < 4.78 is 0. The topological polar surface area (TPSA) is 441 Å². The number of rotatable bonds is 43. The van der Waals surface area contributed by atoms with E-state index in [1.54, 1.807) is 13.8 Å². The number of hydrogen-bond acceptors (Lipinski definition) is 15. The molecule has 0 rings (SSSR count). The summed E-state index contributed by atoms with van der Waals surface area (Å²) in [6.07, 6.45) is 4.02. The van der Waals surface area contributed by atoms with E-state index < -0.39 is 131 Å². The number of hydrogen-bond donors (Lipinski definition) is 15. The van der Waals surface area contributed by atoms with Gasteiger partial charge in [-0.2, -0.15) is 0 Å². The molecule has 12 amide bonds. The predicted octanol–water partition coefficient (Wildman–Crippen LogP) is -0.889. The van der Waals surface area contributed by atoms with E-state index in [2.05, 4.69) is 58.5 Å². The minimum absolute atomic E-state index is 0.0283. The van der Waals surface area contributed by atoms with Crippen LogP contribution in [-0.2, 0) is 57.5 Å². The number of unbranched alkanes of at least 4 members (excludes halogenated alkanes) is 3. The van der Waals surface area contributed by atoms with Crippen LogP contribution in [0.25, 0.3) is 0 Å². The molecule has 85 heavy (non-hydrogen) atoms. The Hall–Kier alpha value is -6.48. The first kappa shape index (κ1) is 78.5. The van der Waals surface area contributed by atoms with Crippen LogP contribution in [-0.4, -0.2) is 157 Å². The summed E-state index contributed by atoms with van der Waals surface area (Å²) in [4.78, 5) is 162. The van der Waals surface area contributed by atoms with Crippen LogP contribution in [0.3, 0.4) is 0 Å². The normalized spacial score (nSPS) is 15.3. The second kappa shape index (κ2) is 41.5. The summed E-state index contributed by atoms with van der Waals surface area (Å²) >= 11 is 0. The molecule has 0 saturated carbocycles.